The zero-order valence-electron chi connectivity index (χ0n) is 43.3. The van der Waals surface area contributed by atoms with Crippen LogP contribution in [-0.2, 0) is 37.1 Å². The number of esters is 3. The van der Waals surface area contributed by atoms with Crippen molar-refractivity contribution in [2.24, 2.45) is 45.3 Å². The number of carbonyl (C=O) groups excluding carboxylic acids is 3. The van der Waals surface area contributed by atoms with E-state index in [1.165, 1.54) is 24.8 Å². The summed E-state index contributed by atoms with van der Waals surface area (Å²) in [5.41, 5.74) is 0.161. The molecule has 8 fully saturated rings. The number of aliphatic hydroxyl groups excluding tert-OH is 4. The zero-order chi connectivity index (χ0) is 50.3. The van der Waals surface area contributed by atoms with Crippen LogP contribution in [0.15, 0.2) is 48.5 Å². The number of aliphatic hydroxyl groups is 5. The maximum absolute atomic E-state index is 12.5. The van der Waals surface area contributed by atoms with Crippen LogP contribution in [0, 0.1) is 45.3 Å². The Morgan fingerprint density at radius 3 is 1.46 bits per heavy atom. The fraction of sp³-hybridized carbons (Fsp3) is 0.737. The molecule has 0 saturated heterocycles. The maximum Gasteiger partial charge on any atom is 0.316 e. The van der Waals surface area contributed by atoms with Crippen LogP contribution >= 0.6 is 0 Å². The van der Waals surface area contributed by atoms with Crippen LogP contribution in [0.25, 0.3) is 0 Å². The maximum atomic E-state index is 12.5. The molecule has 2 aromatic carbocycles. The number of hydrogen-bond donors (Lipinski definition) is 5. The van der Waals surface area contributed by atoms with Gasteiger partial charge in [-0.2, -0.15) is 0 Å². The van der Waals surface area contributed by atoms with Gasteiger partial charge in [0.25, 0.3) is 0 Å². The van der Waals surface area contributed by atoms with Gasteiger partial charge in [-0.3, -0.25) is 14.4 Å². The Bertz CT molecular complexity index is 1940. The zero-order valence-corrected chi connectivity index (χ0v) is 43.3. The molecule has 0 heterocycles. The summed E-state index contributed by atoms with van der Waals surface area (Å²) in [6.07, 6.45) is 15.0. The first-order chi connectivity index (χ1) is 31.9. The third-order valence-corrected chi connectivity index (χ3v) is 17.2. The van der Waals surface area contributed by atoms with Gasteiger partial charge in [-0.15, -0.1) is 0 Å². The second-order valence-corrected chi connectivity index (χ2v) is 23.9. The third kappa shape index (κ3) is 13.3. The van der Waals surface area contributed by atoms with E-state index in [4.69, 9.17) is 24.4 Å². The molecule has 0 radical (unpaired) electrons. The van der Waals surface area contributed by atoms with Gasteiger partial charge in [-0.05, 0) is 195 Å². The third-order valence-electron chi connectivity index (χ3n) is 17.2. The topological polar surface area (TPSA) is 180 Å². The molecule has 0 spiro atoms. The van der Waals surface area contributed by atoms with Gasteiger partial charge in [0, 0.05) is 13.0 Å². The molecule has 0 aromatic heterocycles. The first kappa shape index (κ1) is 55.6. The Morgan fingerprint density at radius 2 is 1.04 bits per heavy atom. The van der Waals surface area contributed by atoms with E-state index in [9.17, 15) is 29.7 Å². The molecule has 6 atom stereocenters. The molecule has 11 nitrogen and oxygen atoms in total. The summed E-state index contributed by atoms with van der Waals surface area (Å²) >= 11 is 0. The van der Waals surface area contributed by atoms with Crippen LogP contribution in [-0.4, -0.2) is 73.5 Å². The Morgan fingerprint density at radius 1 is 0.603 bits per heavy atom. The number of carbonyl (C=O) groups is 3. The van der Waals surface area contributed by atoms with Gasteiger partial charge in [-0.1, -0.05) is 71.0 Å². The predicted molar refractivity (Wildman–Crippen MR) is 264 cm³/mol. The fourth-order valence-electron chi connectivity index (χ4n) is 12.3. The van der Waals surface area contributed by atoms with Crippen molar-refractivity contribution in [2.45, 2.75) is 208 Å². The van der Waals surface area contributed by atoms with Gasteiger partial charge in [0.15, 0.2) is 0 Å². The molecular weight excluding hydrogens is 861 g/mol. The molecule has 0 amide bonds. The van der Waals surface area contributed by atoms with E-state index in [2.05, 4.69) is 26.0 Å². The lowest BCUT2D eigenvalue weighted by Crippen LogP contribution is -2.61. The second kappa shape index (κ2) is 22.4. The smallest absolute Gasteiger partial charge is 0.316 e. The first-order valence-electron chi connectivity index (χ1n) is 25.9. The summed E-state index contributed by atoms with van der Waals surface area (Å²) in [7, 11) is 0. The molecule has 68 heavy (non-hydrogen) atoms. The molecule has 8 saturated carbocycles. The van der Waals surface area contributed by atoms with E-state index in [0.717, 1.165) is 81.8 Å². The summed E-state index contributed by atoms with van der Waals surface area (Å²) in [4.78, 5) is 36.7. The monoisotopic (exact) mass is 949 g/mol. The number of rotatable bonds is 15. The van der Waals surface area contributed by atoms with Gasteiger partial charge in [0.2, 0.25) is 0 Å². The average molecular weight is 949 g/mol. The molecule has 8 bridgehead atoms. The summed E-state index contributed by atoms with van der Waals surface area (Å²) in [6, 6.07) is 15.0. The standard InChI is InChI=1S/C17H28O3.C16H26O4.C13H18O3.C11H16O/c1-4-15(2,3)14(19)20-17-8-12-5-13(9-17)7-16(6-12,10-17)11-18;1-3-14(2,10-17)13(18)20-16-7-11-4-12(8-16)6-15(19,5-11)9-16;1-4-13(2,3)12(15)16-11-7-5-10(9-14)6-8-11;1-3-9(2)11-6-4-10(8-12)5-7-11/h12-13,18H,4-11H2,1-3H3;11-12,17,19H,3-10H2,1-2H3;5-8,14H,4,9H2,1-3H3;4-7,9,12H,3,8H2,1-2H3. The van der Waals surface area contributed by atoms with E-state index in [-0.39, 0.29) is 55.4 Å². The highest BCUT2D eigenvalue weighted by Gasteiger charge is 2.61. The van der Waals surface area contributed by atoms with Crippen LogP contribution < -0.4 is 4.74 Å². The second-order valence-electron chi connectivity index (χ2n) is 23.9. The predicted octanol–water partition coefficient (Wildman–Crippen LogP) is 10.5. The average Bonchev–Trinajstić information content (AvgIpc) is 3.30. The summed E-state index contributed by atoms with van der Waals surface area (Å²) in [6.45, 7) is 19.9. The van der Waals surface area contributed by atoms with Crippen molar-refractivity contribution >= 4 is 17.9 Å². The van der Waals surface area contributed by atoms with Gasteiger partial charge in [-0.25, -0.2) is 0 Å². The lowest BCUT2D eigenvalue weighted by atomic mass is 9.48. The van der Waals surface area contributed by atoms with Gasteiger partial charge in [0.1, 0.15) is 17.0 Å². The summed E-state index contributed by atoms with van der Waals surface area (Å²) in [5.74, 6) is 2.87. The van der Waals surface area contributed by atoms with Crippen molar-refractivity contribution in [3.05, 3.63) is 65.2 Å². The lowest BCUT2D eigenvalue weighted by molar-refractivity contribution is -0.227. The molecule has 6 unspecified atom stereocenters. The van der Waals surface area contributed by atoms with Gasteiger partial charge in [0.05, 0.1) is 41.7 Å². The van der Waals surface area contributed by atoms with Gasteiger partial charge < -0.3 is 39.7 Å². The Hall–Kier alpha value is -3.35. The molecule has 10 rings (SSSR count). The Labute approximate surface area is 408 Å². The molecular formula is C57H88O11. The number of benzene rings is 2. The summed E-state index contributed by atoms with van der Waals surface area (Å²) < 4.78 is 17.2. The van der Waals surface area contributed by atoms with E-state index in [1.54, 1.807) is 31.2 Å². The largest absolute Gasteiger partial charge is 0.459 e. The Kier molecular flexibility index (Phi) is 18.3. The van der Waals surface area contributed by atoms with Crippen LogP contribution in [0.4, 0.5) is 0 Å². The minimum Gasteiger partial charge on any atom is -0.459 e. The quantitative estimate of drug-likeness (QED) is 0.0847. The molecule has 0 aliphatic heterocycles. The highest BCUT2D eigenvalue weighted by molar-refractivity contribution is 5.78. The molecule has 11 heteroatoms. The van der Waals surface area contributed by atoms with E-state index < -0.39 is 27.4 Å². The van der Waals surface area contributed by atoms with Crippen LogP contribution in [0.1, 0.15) is 195 Å². The fourth-order valence-corrected chi connectivity index (χ4v) is 12.3. The Balaban J connectivity index is 0.000000173. The van der Waals surface area contributed by atoms with Crippen LogP contribution in [0.5, 0.6) is 5.75 Å². The molecule has 8 aliphatic carbocycles. The van der Waals surface area contributed by atoms with Crippen molar-refractivity contribution in [2.75, 3.05) is 13.2 Å². The molecule has 2 aromatic rings. The SMILES string of the molecule is CCC(C)(C)C(=O)OC12CC3CC(CC(CO)(C3)C1)C2.CCC(C)(C)C(=O)Oc1ccc(CO)cc1.CCC(C)(CO)C(=O)OC12CC3CC(CC(O)(C3)C1)C2.CCC(C)c1ccc(CO)cc1. The highest BCUT2D eigenvalue weighted by atomic mass is 16.6. The van der Waals surface area contributed by atoms with E-state index >= 15 is 0 Å². The van der Waals surface area contributed by atoms with Crippen molar-refractivity contribution in [3.8, 4) is 5.75 Å². The van der Waals surface area contributed by atoms with Crippen molar-refractivity contribution in [1.82, 2.24) is 0 Å². The van der Waals surface area contributed by atoms with E-state index in [1.807, 2.05) is 60.6 Å². The summed E-state index contributed by atoms with van der Waals surface area (Å²) in [5, 5.41) is 47.7. The van der Waals surface area contributed by atoms with Crippen molar-refractivity contribution < 1.29 is 54.1 Å². The van der Waals surface area contributed by atoms with Crippen molar-refractivity contribution in [1.29, 1.82) is 0 Å². The number of hydrogen-bond acceptors (Lipinski definition) is 11. The van der Waals surface area contributed by atoms with Gasteiger partial charge >= 0.3 is 17.9 Å². The number of ether oxygens (including phenoxy) is 3. The van der Waals surface area contributed by atoms with Crippen LogP contribution in [0.2, 0.25) is 0 Å². The molecule has 5 N–H and O–H groups in total. The van der Waals surface area contributed by atoms with E-state index in [0.29, 0.717) is 48.2 Å². The normalized spacial score (nSPS) is 30.8. The van der Waals surface area contributed by atoms with Crippen LogP contribution in [0.3, 0.4) is 0 Å². The highest BCUT2D eigenvalue weighted by Crippen LogP contribution is 2.63. The molecule has 382 valence electrons. The minimum absolute atomic E-state index is 0.00528. The minimum atomic E-state index is -0.814. The first-order valence-corrected chi connectivity index (χ1v) is 25.9. The van der Waals surface area contributed by atoms with Crippen molar-refractivity contribution in [3.63, 3.8) is 0 Å². The molecule has 8 aliphatic rings. The lowest BCUT2D eigenvalue weighted by Gasteiger charge is -2.61.